The zero-order valence-electron chi connectivity index (χ0n) is 14.2. The SMILES string of the molecule is CCN(CC)C(c1cccs1)C(c1cccs1)N(CC)CC. The Morgan fingerprint density at radius 3 is 1.32 bits per heavy atom. The van der Waals surface area contributed by atoms with Crippen LogP contribution in [0.25, 0.3) is 0 Å². The molecule has 2 rings (SSSR count). The predicted molar refractivity (Wildman–Crippen MR) is 100.0 cm³/mol. The van der Waals surface area contributed by atoms with Crippen molar-refractivity contribution in [2.75, 3.05) is 26.2 Å². The number of likely N-dealkylation sites (N-methyl/N-ethyl adjacent to an activating group) is 2. The Morgan fingerprint density at radius 1 is 0.727 bits per heavy atom. The van der Waals surface area contributed by atoms with Crippen molar-refractivity contribution < 1.29 is 0 Å². The van der Waals surface area contributed by atoms with E-state index >= 15 is 0 Å². The van der Waals surface area contributed by atoms with Gasteiger partial charge in [-0.15, -0.1) is 22.7 Å². The molecule has 0 spiro atoms. The summed E-state index contributed by atoms with van der Waals surface area (Å²) in [4.78, 5) is 8.17. The van der Waals surface area contributed by atoms with Crippen molar-refractivity contribution in [3.05, 3.63) is 44.8 Å². The summed E-state index contributed by atoms with van der Waals surface area (Å²) in [6, 6.07) is 9.85. The van der Waals surface area contributed by atoms with Gasteiger partial charge in [0, 0.05) is 9.75 Å². The topological polar surface area (TPSA) is 6.48 Å². The number of rotatable bonds is 9. The van der Waals surface area contributed by atoms with E-state index in [4.69, 9.17) is 0 Å². The molecule has 0 radical (unpaired) electrons. The second-order valence-electron chi connectivity index (χ2n) is 5.36. The summed E-state index contributed by atoms with van der Waals surface area (Å²) in [6.07, 6.45) is 0. The molecule has 2 aromatic heterocycles. The molecule has 2 heterocycles. The first-order chi connectivity index (χ1) is 10.8. The standard InChI is InChI=1S/C18H28N2S2/c1-5-19(6-2)17(15-11-9-13-21-15)18(20(7-3)8-4)16-12-10-14-22-16/h9-14,17-18H,5-8H2,1-4H3. The lowest BCUT2D eigenvalue weighted by atomic mass is 10.0. The highest BCUT2D eigenvalue weighted by Gasteiger charge is 2.33. The minimum absolute atomic E-state index is 0.438. The summed E-state index contributed by atoms with van der Waals surface area (Å²) < 4.78 is 0. The zero-order chi connectivity index (χ0) is 15.9. The van der Waals surface area contributed by atoms with Gasteiger partial charge < -0.3 is 0 Å². The van der Waals surface area contributed by atoms with Crippen molar-refractivity contribution in [1.29, 1.82) is 0 Å². The van der Waals surface area contributed by atoms with Crippen molar-refractivity contribution >= 4 is 22.7 Å². The lowest BCUT2D eigenvalue weighted by Gasteiger charge is -2.40. The third-order valence-electron chi connectivity index (χ3n) is 4.38. The van der Waals surface area contributed by atoms with Crippen LogP contribution in [0.15, 0.2) is 35.0 Å². The van der Waals surface area contributed by atoms with E-state index in [9.17, 15) is 0 Å². The summed E-state index contributed by atoms with van der Waals surface area (Å²) >= 11 is 3.78. The van der Waals surface area contributed by atoms with Crippen LogP contribution in [-0.2, 0) is 0 Å². The smallest absolute Gasteiger partial charge is 0.0647 e. The van der Waals surface area contributed by atoms with Crippen molar-refractivity contribution in [2.24, 2.45) is 0 Å². The van der Waals surface area contributed by atoms with Crippen LogP contribution in [0.4, 0.5) is 0 Å². The monoisotopic (exact) mass is 336 g/mol. The van der Waals surface area contributed by atoms with E-state index in [1.165, 1.54) is 9.75 Å². The molecular formula is C18H28N2S2. The van der Waals surface area contributed by atoms with Gasteiger partial charge in [0.2, 0.25) is 0 Å². The van der Waals surface area contributed by atoms with Gasteiger partial charge in [0.1, 0.15) is 0 Å². The van der Waals surface area contributed by atoms with Crippen molar-refractivity contribution in [3.63, 3.8) is 0 Å². The van der Waals surface area contributed by atoms with Gasteiger partial charge in [0.05, 0.1) is 12.1 Å². The summed E-state index contributed by atoms with van der Waals surface area (Å²) in [5.74, 6) is 0. The third kappa shape index (κ3) is 3.80. The normalized spacial score (nSPS) is 14.6. The number of nitrogens with zero attached hydrogens (tertiary/aromatic N) is 2. The maximum atomic E-state index is 2.61. The summed E-state index contributed by atoms with van der Waals surface area (Å²) in [5.41, 5.74) is 0. The quantitative estimate of drug-likeness (QED) is 0.615. The highest BCUT2D eigenvalue weighted by atomic mass is 32.1. The van der Waals surface area contributed by atoms with E-state index in [0.29, 0.717) is 12.1 Å². The molecule has 0 aliphatic rings. The Balaban J connectivity index is 2.47. The average Bonchev–Trinajstić information content (AvgIpc) is 3.24. The third-order valence-corrected chi connectivity index (χ3v) is 6.27. The van der Waals surface area contributed by atoms with Gasteiger partial charge in [-0.05, 0) is 49.1 Å². The highest BCUT2D eigenvalue weighted by molar-refractivity contribution is 7.10. The van der Waals surface area contributed by atoms with Crippen LogP contribution in [-0.4, -0.2) is 36.0 Å². The Morgan fingerprint density at radius 2 is 1.09 bits per heavy atom. The fourth-order valence-electron chi connectivity index (χ4n) is 3.22. The van der Waals surface area contributed by atoms with Gasteiger partial charge in [-0.25, -0.2) is 0 Å². The Hall–Kier alpha value is -0.680. The van der Waals surface area contributed by atoms with Crippen LogP contribution in [0.3, 0.4) is 0 Å². The molecule has 2 nitrogen and oxygen atoms in total. The Labute approximate surface area is 143 Å². The molecule has 0 aliphatic carbocycles. The van der Waals surface area contributed by atoms with Crippen molar-refractivity contribution in [2.45, 2.75) is 39.8 Å². The van der Waals surface area contributed by atoms with Gasteiger partial charge in [-0.2, -0.15) is 0 Å². The van der Waals surface area contributed by atoms with Crippen LogP contribution in [0.5, 0.6) is 0 Å². The molecule has 0 N–H and O–H groups in total. The molecule has 0 aliphatic heterocycles. The molecule has 0 bridgehead atoms. The molecule has 22 heavy (non-hydrogen) atoms. The molecule has 2 aromatic rings. The van der Waals surface area contributed by atoms with Crippen molar-refractivity contribution in [1.82, 2.24) is 9.80 Å². The number of hydrogen-bond acceptors (Lipinski definition) is 4. The van der Waals surface area contributed by atoms with Crippen LogP contribution in [0, 0.1) is 0 Å². The Bertz CT molecular complexity index is 451. The molecule has 0 saturated heterocycles. The highest BCUT2D eigenvalue weighted by Crippen LogP contribution is 2.41. The second-order valence-corrected chi connectivity index (χ2v) is 7.32. The molecular weight excluding hydrogens is 308 g/mol. The molecule has 0 aromatic carbocycles. The summed E-state index contributed by atoms with van der Waals surface area (Å²) in [7, 11) is 0. The van der Waals surface area contributed by atoms with Gasteiger partial charge >= 0.3 is 0 Å². The maximum absolute atomic E-state index is 2.61. The number of hydrogen-bond donors (Lipinski definition) is 0. The fraction of sp³-hybridized carbons (Fsp3) is 0.556. The van der Waals surface area contributed by atoms with Crippen LogP contribution < -0.4 is 0 Å². The first kappa shape index (κ1) is 17.7. The second kappa shape index (κ2) is 8.82. The van der Waals surface area contributed by atoms with Gasteiger partial charge in [-0.1, -0.05) is 39.8 Å². The van der Waals surface area contributed by atoms with E-state index < -0.39 is 0 Å². The summed E-state index contributed by atoms with van der Waals surface area (Å²) in [6.45, 7) is 13.4. The van der Waals surface area contributed by atoms with Gasteiger partial charge in [-0.3, -0.25) is 9.80 Å². The predicted octanol–water partition coefficient (Wildman–Crippen LogP) is 5.28. The van der Waals surface area contributed by atoms with E-state index in [0.717, 1.165) is 26.2 Å². The van der Waals surface area contributed by atoms with Gasteiger partial charge in [0.25, 0.3) is 0 Å². The van der Waals surface area contributed by atoms with E-state index in [-0.39, 0.29) is 0 Å². The molecule has 2 unspecified atom stereocenters. The first-order valence-electron chi connectivity index (χ1n) is 8.31. The lowest BCUT2D eigenvalue weighted by molar-refractivity contribution is 0.0931. The lowest BCUT2D eigenvalue weighted by Crippen LogP contribution is -2.40. The molecule has 0 amide bonds. The minimum Gasteiger partial charge on any atom is -0.294 e. The minimum atomic E-state index is 0.438. The number of thiophene rings is 2. The molecule has 0 fully saturated rings. The fourth-order valence-corrected chi connectivity index (χ4v) is 5.00. The van der Waals surface area contributed by atoms with E-state index in [1.807, 2.05) is 22.7 Å². The first-order valence-corrected chi connectivity index (χ1v) is 10.1. The van der Waals surface area contributed by atoms with Crippen LogP contribution in [0.2, 0.25) is 0 Å². The van der Waals surface area contributed by atoms with E-state index in [2.05, 4.69) is 72.5 Å². The molecule has 122 valence electrons. The van der Waals surface area contributed by atoms with Crippen LogP contribution >= 0.6 is 22.7 Å². The Kier molecular flexibility index (Phi) is 7.09. The van der Waals surface area contributed by atoms with Gasteiger partial charge in [0.15, 0.2) is 0 Å². The average molecular weight is 337 g/mol. The molecule has 4 heteroatoms. The zero-order valence-corrected chi connectivity index (χ0v) is 15.8. The molecule has 2 atom stereocenters. The van der Waals surface area contributed by atoms with Crippen LogP contribution in [0.1, 0.15) is 49.5 Å². The largest absolute Gasteiger partial charge is 0.294 e. The summed E-state index contributed by atoms with van der Waals surface area (Å²) in [5, 5.41) is 4.42. The maximum Gasteiger partial charge on any atom is 0.0647 e. The van der Waals surface area contributed by atoms with Crippen molar-refractivity contribution in [3.8, 4) is 0 Å². The molecule has 0 saturated carbocycles. The van der Waals surface area contributed by atoms with E-state index in [1.54, 1.807) is 0 Å².